The van der Waals surface area contributed by atoms with Gasteiger partial charge in [-0.3, -0.25) is 34.3 Å². The highest BCUT2D eigenvalue weighted by Gasteiger charge is 2.43. The maximum Gasteiger partial charge on any atom is 0.275 e. The molecule has 53 heavy (non-hydrogen) atoms. The van der Waals surface area contributed by atoms with Gasteiger partial charge in [-0.25, -0.2) is 4.68 Å². The van der Waals surface area contributed by atoms with E-state index in [0.29, 0.717) is 22.6 Å². The molecule has 0 bridgehead atoms. The van der Waals surface area contributed by atoms with Gasteiger partial charge in [0.05, 0.1) is 30.2 Å². The monoisotopic (exact) mass is 719 g/mol. The van der Waals surface area contributed by atoms with Gasteiger partial charge in [0.15, 0.2) is 0 Å². The SMILES string of the molecule is COc1ccc(CN2C(=O)CCC(n3ncc4ccc(N5CCC6(CC5)CCN(C5CCN(c7ccc([N+](=O)[O-])cc7)CC5)C6)cc4c3=O)C2=O)cc1. The fraction of sp³-hybridized carbons (Fsp3) is 0.450. The average Bonchev–Trinajstić information content (AvgIpc) is 3.60. The zero-order valence-electron chi connectivity index (χ0n) is 30.1. The summed E-state index contributed by atoms with van der Waals surface area (Å²) in [5.74, 6) is 0.0244. The zero-order valence-corrected chi connectivity index (χ0v) is 30.1. The lowest BCUT2D eigenvalue weighted by Gasteiger charge is -2.42. The quantitative estimate of drug-likeness (QED) is 0.137. The van der Waals surface area contributed by atoms with Crippen LogP contribution in [-0.4, -0.2) is 88.7 Å². The molecular formula is C40H45N7O6. The molecule has 1 atom stereocenters. The number of aromatic nitrogens is 2. The van der Waals surface area contributed by atoms with Gasteiger partial charge in [0.1, 0.15) is 11.8 Å². The van der Waals surface area contributed by atoms with Crippen LogP contribution in [0.1, 0.15) is 56.6 Å². The third-order valence-electron chi connectivity index (χ3n) is 12.1. The van der Waals surface area contributed by atoms with Crippen molar-refractivity contribution in [1.82, 2.24) is 19.6 Å². The number of fused-ring (bicyclic) bond motifs is 1. The molecule has 276 valence electrons. The molecule has 1 aromatic heterocycles. The third-order valence-corrected chi connectivity index (χ3v) is 12.1. The number of nitrogens with zero attached hydrogens (tertiary/aromatic N) is 7. The highest BCUT2D eigenvalue weighted by molar-refractivity contribution is 5.99. The molecule has 13 heteroatoms. The first kappa shape index (κ1) is 34.8. The minimum absolute atomic E-state index is 0.124. The van der Waals surface area contributed by atoms with Crippen LogP contribution < -0.4 is 20.1 Å². The number of likely N-dealkylation sites (tertiary alicyclic amines) is 2. The Labute approximate surface area is 307 Å². The second-order valence-corrected chi connectivity index (χ2v) is 15.1. The van der Waals surface area contributed by atoms with Crippen molar-refractivity contribution in [2.75, 3.05) is 56.2 Å². The van der Waals surface area contributed by atoms with Crippen molar-refractivity contribution in [3.63, 3.8) is 0 Å². The molecular weight excluding hydrogens is 674 g/mol. The van der Waals surface area contributed by atoms with Crippen molar-refractivity contribution >= 4 is 39.6 Å². The number of anilines is 2. The molecule has 13 nitrogen and oxygen atoms in total. The zero-order chi connectivity index (χ0) is 36.7. The number of nitro groups is 1. The minimum Gasteiger partial charge on any atom is -0.497 e. The van der Waals surface area contributed by atoms with Gasteiger partial charge in [0.25, 0.3) is 17.2 Å². The Morgan fingerprint density at radius 3 is 2.23 bits per heavy atom. The smallest absolute Gasteiger partial charge is 0.275 e. The number of benzene rings is 3. The molecule has 1 spiro atoms. The molecule has 2 amide bonds. The van der Waals surface area contributed by atoms with E-state index in [-0.39, 0.29) is 41.5 Å². The molecule has 4 fully saturated rings. The van der Waals surface area contributed by atoms with Crippen molar-refractivity contribution < 1.29 is 19.2 Å². The van der Waals surface area contributed by atoms with Gasteiger partial charge in [-0.05, 0) is 92.4 Å². The van der Waals surface area contributed by atoms with E-state index >= 15 is 0 Å². The Hall–Kier alpha value is -5.30. The van der Waals surface area contributed by atoms with E-state index in [9.17, 15) is 24.5 Å². The van der Waals surface area contributed by atoms with Crippen LogP contribution >= 0.6 is 0 Å². The first-order chi connectivity index (χ1) is 25.7. The highest BCUT2D eigenvalue weighted by atomic mass is 16.6. The topological polar surface area (TPSA) is 134 Å². The van der Waals surface area contributed by atoms with Gasteiger partial charge in [0, 0.05) is 74.1 Å². The van der Waals surface area contributed by atoms with E-state index in [1.54, 1.807) is 37.6 Å². The summed E-state index contributed by atoms with van der Waals surface area (Å²) in [6.07, 6.45) is 7.61. The summed E-state index contributed by atoms with van der Waals surface area (Å²) in [7, 11) is 1.58. The van der Waals surface area contributed by atoms with Crippen LogP contribution in [0.2, 0.25) is 0 Å². The molecule has 5 heterocycles. The van der Waals surface area contributed by atoms with E-state index in [0.717, 1.165) is 87.3 Å². The summed E-state index contributed by atoms with van der Waals surface area (Å²) in [5, 5.41) is 16.7. The van der Waals surface area contributed by atoms with Crippen molar-refractivity contribution in [2.45, 2.75) is 63.6 Å². The van der Waals surface area contributed by atoms with Gasteiger partial charge < -0.3 is 14.5 Å². The highest BCUT2D eigenvalue weighted by Crippen LogP contribution is 2.43. The van der Waals surface area contributed by atoms with Crippen LogP contribution in [0.15, 0.2) is 77.7 Å². The molecule has 3 aromatic carbocycles. The number of amides is 2. The first-order valence-electron chi connectivity index (χ1n) is 18.7. The molecule has 0 aliphatic carbocycles. The summed E-state index contributed by atoms with van der Waals surface area (Å²) in [4.78, 5) is 59.8. The normalized spacial score (nSPS) is 21.2. The van der Waals surface area contributed by atoms with Crippen LogP contribution in [0.5, 0.6) is 5.75 Å². The third kappa shape index (κ3) is 6.85. The molecule has 4 aromatic rings. The number of nitro benzene ring substituents is 1. The average molecular weight is 720 g/mol. The van der Waals surface area contributed by atoms with Crippen LogP contribution in [0.25, 0.3) is 10.8 Å². The Kier molecular flexibility index (Phi) is 9.35. The summed E-state index contributed by atoms with van der Waals surface area (Å²) in [6, 6.07) is 19.8. The van der Waals surface area contributed by atoms with Gasteiger partial charge in [-0.2, -0.15) is 5.10 Å². The predicted molar refractivity (Wildman–Crippen MR) is 201 cm³/mol. The fourth-order valence-corrected chi connectivity index (χ4v) is 8.89. The number of imide groups is 1. The number of hydrogen-bond acceptors (Lipinski definition) is 10. The van der Waals surface area contributed by atoms with Crippen molar-refractivity contribution in [3.05, 3.63) is 99.0 Å². The van der Waals surface area contributed by atoms with Gasteiger partial charge in [0.2, 0.25) is 5.91 Å². The van der Waals surface area contributed by atoms with Crippen LogP contribution in [0, 0.1) is 15.5 Å². The van der Waals surface area contributed by atoms with Crippen molar-refractivity contribution in [3.8, 4) is 5.75 Å². The number of methoxy groups -OCH3 is 1. The van der Waals surface area contributed by atoms with E-state index in [2.05, 4.69) is 25.9 Å². The lowest BCUT2D eigenvalue weighted by molar-refractivity contribution is -0.384. The molecule has 1 unspecified atom stereocenters. The molecule has 0 saturated carbocycles. The van der Waals surface area contributed by atoms with Gasteiger partial charge >= 0.3 is 0 Å². The van der Waals surface area contributed by atoms with E-state index in [1.165, 1.54) is 16.0 Å². The number of non-ortho nitro benzene ring substituents is 1. The summed E-state index contributed by atoms with van der Waals surface area (Å²) in [5.41, 5.74) is 2.96. The number of carbonyl (C=O) groups is 2. The number of hydrogen-bond donors (Lipinski definition) is 0. The lowest BCUT2D eigenvalue weighted by atomic mass is 9.77. The minimum atomic E-state index is -0.846. The Balaban J connectivity index is 0.897. The van der Waals surface area contributed by atoms with E-state index in [4.69, 9.17) is 4.74 Å². The number of ether oxygens (including phenoxy) is 1. The van der Waals surface area contributed by atoms with E-state index < -0.39 is 11.9 Å². The number of carbonyl (C=O) groups excluding carboxylic acids is 2. The lowest BCUT2D eigenvalue weighted by Crippen LogP contribution is -2.47. The predicted octanol–water partition coefficient (Wildman–Crippen LogP) is 5.16. The fourth-order valence-electron chi connectivity index (χ4n) is 8.89. The second kappa shape index (κ2) is 14.3. The second-order valence-electron chi connectivity index (χ2n) is 15.1. The summed E-state index contributed by atoms with van der Waals surface area (Å²) < 4.78 is 6.50. The number of piperidine rings is 3. The number of rotatable bonds is 8. The van der Waals surface area contributed by atoms with Gasteiger partial charge in [-0.1, -0.05) is 18.2 Å². The maximum atomic E-state index is 13.9. The Morgan fingerprint density at radius 1 is 0.849 bits per heavy atom. The maximum absolute atomic E-state index is 13.9. The standard InChI is InChI=1S/C40H45N7O6/c1-53-34-10-2-28(3-11-34)26-45-37(48)13-12-36(39(45)50)46-38(49)35-24-33(5-4-29(35)25-41-46)43-21-16-40(17-22-43)18-23-44(27-40)31-14-19-42(20-15-31)30-6-8-32(9-7-30)47(51)52/h2-11,24-25,31,36H,12-23,26-27H2,1H3. The van der Waals surface area contributed by atoms with Gasteiger partial charge in [-0.15, -0.1) is 0 Å². The molecule has 4 aliphatic rings. The molecule has 0 radical (unpaired) electrons. The Morgan fingerprint density at radius 2 is 1.53 bits per heavy atom. The summed E-state index contributed by atoms with van der Waals surface area (Å²) in [6.45, 7) is 6.10. The first-order valence-corrected chi connectivity index (χ1v) is 18.7. The molecule has 8 rings (SSSR count). The van der Waals surface area contributed by atoms with E-state index in [1.807, 2.05) is 36.4 Å². The van der Waals surface area contributed by atoms with Crippen LogP contribution in [0.3, 0.4) is 0 Å². The Bertz CT molecular complexity index is 2070. The van der Waals surface area contributed by atoms with Crippen molar-refractivity contribution in [1.29, 1.82) is 0 Å². The molecule has 0 N–H and O–H groups in total. The largest absolute Gasteiger partial charge is 0.497 e. The molecule has 4 aliphatic heterocycles. The van der Waals surface area contributed by atoms with Crippen molar-refractivity contribution in [2.24, 2.45) is 5.41 Å². The summed E-state index contributed by atoms with van der Waals surface area (Å²) >= 11 is 0. The van der Waals surface area contributed by atoms with Crippen LogP contribution in [-0.2, 0) is 16.1 Å². The molecule has 4 saturated heterocycles. The van der Waals surface area contributed by atoms with Crippen LogP contribution in [0.4, 0.5) is 17.1 Å².